The number of likely N-dealkylation sites (N-methyl/N-ethyl adjacent to an activating group) is 1. The normalized spacial score (nSPS) is 9.50. The van der Waals surface area contributed by atoms with Gasteiger partial charge in [0.2, 0.25) is 0 Å². The van der Waals surface area contributed by atoms with Crippen molar-refractivity contribution in [2.75, 3.05) is 20.2 Å². The molecular weight excluding hydrogens is 244 g/mol. The van der Waals surface area contributed by atoms with Gasteiger partial charge in [0, 0.05) is 6.54 Å². The monoisotopic (exact) mass is 254 g/mol. The molecule has 0 aromatic heterocycles. The van der Waals surface area contributed by atoms with Crippen LogP contribution in [0.25, 0.3) is 0 Å². The van der Waals surface area contributed by atoms with Crippen LogP contribution in [0.5, 0.6) is 5.75 Å². The van der Waals surface area contributed by atoms with Crippen molar-refractivity contribution in [2.45, 2.75) is 0 Å². The molecule has 0 saturated carbocycles. The number of hydrogen-bond donors (Lipinski definition) is 1. The van der Waals surface area contributed by atoms with E-state index in [0.29, 0.717) is 12.2 Å². The Morgan fingerprint density at radius 1 is 1.57 bits per heavy atom. The Kier molecular flexibility index (Phi) is 4.44. The number of nitrogens with zero attached hydrogens (tertiary/aromatic N) is 1. The van der Waals surface area contributed by atoms with Crippen LogP contribution in [0.4, 0.5) is 0 Å². The van der Waals surface area contributed by atoms with Crippen molar-refractivity contribution in [2.24, 2.45) is 0 Å². The van der Waals surface area contributed by atoms with Gasteiger partial charge in [-0.15, -0.1) is 0 Å². The molecule has 0 amide bonds. The van der Waals surface area contributed by atoms with E-state index >= 15 is 0 Å². The molecule has 0 atom stereocenters. The highest BCUT2D eigenvalue weighted by molar-refractivity contribution is 9.10. The zero-order valence-corrected chi connectivity index (χ0v) is 9.47. The molecule has 0 bridgehead atoms. The molecule has 1 aromatic rings. The Labute approximate surface area is 91.8 Å². The number of ether oxygens (including phenoxy) is 1. The van der Waals surface area contributed by atoms with Crippen LogP contribution in [0.3, 0.4) is 0 Å². The molecule has 14 heavy (non-hydrogen) atoms. The van der Waals surface area contributed by atoms with Gasteiger partial charge in [-0.25, -0.2) is 0 Å². The van der Waals surface area contributed by atoms with Crippen molar-refractivity contribution in [3.05, 3.63) is 28.2 Å². The molecule has 1 aromatic carbocycles. The Balaban J connectivity index is 2.65. The quantitative estimate of drug-likeness (QED) is 0.836. The van der Waals surface area contributed by atoms with E-state index in [-0.39, 0.29) is 0 Å². The number of hydrogen-bond acceptors (Lipinski definition) is 3. The summed E-state index contributed by atoms with van der Waals surface area (Å²) < 4.78 is 6.27. The molecule has 74 valence electrons. The molecule has 0 saturated heterocycles. The molecule has 0 aliphatic heterocycles. The molecule has 0 radical (unpaired) electrons. The minimum absolute atomic E-state index is 0.612. The van der Waals surface area contributed by atoms with Gasteiger partial charge < -0.3 is 10.1 Å². The smallest absolute Gasteiger partial charge is 0.133 e. The first-order chi connectivity index (χ1) is 6.77. The van der Waals surface area contributed by atoms with Crippen molar-refractivity contribution in [3.63, 3.8) is 0 Å². The molecule has 0 spiro atoms. The molecule has 1 rings (SSSR count). The highest BCUT2D eigenvalue weighted by atomic mass is 79.9. The summed E-state index contributed by atoms with van der Waals surface area (Å²) in [5, 5.41) is 11.6. The lowest BCUT2D eigenvalue weighted by molar-refractivity contribution is 0.316. The number of nitrogens with one attached hydrogen (secondary N) is 1. The molecule has 0 fully saturated rings. The summed E-state index contributed by atoms with van der Waals surface area (Å²) in [5.74, 6) is 0.763. The molecular formula is C10H11BrN2O. The van der Waals surface area contributed by atoms with Crippen LogP contribution in [0, 0.1) is 11.3 Å². The van der Waals surface area contributed by atoms with Gasteiger partial charge in [-0.05, 0) is 41.2 Å². The third kappa shape index (κ3) is 3.02. The Bertz CT molecular complexity index is 346. The first-order valence-electron chi connectivity index (χ1n) is 4.25. The molecule has 0 heterocycles. The molecule has 0 unspecified atom stereocenters. The Morgan fingerprint density at radius 3 is 2.93 bits per heavy atom. The summed E-state index contributed by atoms with van der Waals surface area (Å²) in [6.45, 7) is 1.41. The van der Waals surface area contributed by atoms with Crippen LogP contribution < -0.4 is 10.1 Å². The maximum absolute atomic E-state index is 8.65. The molecule has 0 aliphatic carbocycles. The van der Waals surface area contributed by atoms with Crippen molar-refractivity contribution in [1.29, 1.82) is 5.26 Å². The summed E-state index contributed by atoms with van der Waals surface area (Å²) in [4.78, 5) is 0. The molecule has 3 nitrogen and oxygen atoms in total. The maximum Gasteiger partial charge on any atom is 0.133 e. The van der Waals surface area contributed by atoms with Gasteiger partial charge in [0.05, 0.1) is 16.1 Å². The third-order valence-corrected chi connectivity index (χ3v) is 2.29. The minimum Gasteiger partial charge on any atom is -0.491 e. The zero-order valence-electron chi connectivity index (χ0n) is 7.88. The van der Waals surface area contributed by atoms with Gasteiger partial charge in [0.1, 0.15) is 12.4 Å². The van der Waals surface area contributed by atoms with Crippen molar-refractivity contribution in [1.82, 2.24) is 5.32 Å². The SMILES string of the molecule is CNCCOc1ccc(C#N)cc1Br. The lowest BCUT2D eigenvalue weighted by Crippen LogP contribution is -2.16. The van der Waals surface area contributed by atoms with E-state index in [1.165, 1.54) is 0 Å². The summed E-state index contributed by atoms with van der Waals surface area (Å²) in [7, 11) is 1.87. The predicted octanol–water partition coefficient (Wildman–Crippen LogP) is 1.92. The largest absolute Gasteiger partial charge is 0.491 e. The average molecular weight is 255 g/mol. The van der Waals surface area contributed by atoms with E-state index in [9.17, 15) is 0 Å². The van der Waals surface area contributed by atoms with Crippen molar-refractivity contribution < 1.29 is 4.74 Å². The topological polar surface area (TPSA) is 45.0 Å². The number of nitriles is 1. The number of halogens is 1. The van der Waals surface area contributed by atoms with Crippen molar-refractivity contribution in [3.8, 4) is 11.8 Å². The molecule has 0 aliphatic rings. The highest BCUT2D eigenvalue weighted by Crippen LogP contribution is 2.25. The summed E-state index contributed by atoms with van der Waals surface area (Å²) in [5.41, 5.74) is 0.623. The first kappa shape index (κ1) is 11.0. The van der Waals surface area contributed by atoms with E-state index in [0.717, 1.165) is 16.8 Å². The highest BCUT2D eigenvalue weighted by Gasteiger charge is 2.01. The minimum atomic E-state index is 0.612. The van der Waals surface area contributed by atoms with E-state index in [4.69, 9.17) is 10.00 Å². The van der Waals surface area contributed by atoms with E-state index < -0.39 is 0 Å². The van der Waals surface area contributed by atoms with Gasteiger partial charge in [-0.2, -0.15) is 5.26 Å². The second-order valence-corrected chi connectivity index (χ2v) is 3.56. The van der Waals surface area contributed by atoms with Crippen LogP contribution in [0.15, 0.2) is 22.7 Å². The van der Waals surface area contributed by atoms with Gasteiger partial charge in [0.25, 0.3) is 0 Å². The fraction of sp³-hybridized carbons (Fsp3) is 0.300. The average Bonchev–Trinajstić information content (AvgIpc) is 2.20. The van der Waals surface area contributed by atoms with E-state index in [2.05, 4.69) is 27.3 Å². The van der Waals surface area contributed by atoms with Crippen LogP contribution in [-0.2, 0) is 0 Å². The second kappa shape index (κ2) is 5.63. The Hall–Kier alpha value is -1.05. The number of rotatable bonds is 4. The van der Waals surface area contributed by atoms with Crippen LogP contribution >= 0.6 is 15.9 Å². The summed E-state index contributed by atoms with van der Waals surface area (Å²) in [6.07, 6.45) is 0. The van der Waals surface area contributed by atoms with Crippen LogP contribution in [0.1, 0.15) is 5.56 Å². The van der Waals surface area contributed by atoms with Crippen molar-refractivity contribution >= 4 is 15.9 Å². The molecule has 4 heteroatoms. The number of benzene rings is 1. The van der Waals surface area contributed by atoms with Crippen LogP contribution in [-0.4, -0.2) is 20.2 Å². The first-order valence-corrected chi connectivity index (χ1v) is 5.04. The van der Waals surface area contributed by atoms with E-state index in [1.807, 2.05) is 7.05 Å². The summed E-state index contributed by atoms with van der Waals surface area (Å²) in [6, 6.07) is 7.33. The maximum atomic E-state index is 8.65. The van der Waals surface area contributed by atoms with Gasteiger partial charge in [-0.1, -0.05) is 0 Å². The fourth-order valence-corrected chi connectivity index (χ4v) is 1.44. The lowest BCUT2D eigenvalue weighted by atomic mass is 10.2. The molecule has 1 N–H and O–H groups in total. The summed E-state index contributed by atoms with van der Waals surface area (Å²) >= 11 is 3.34. The zero-order chi connectivity index (χ0) is 10.4. The van der Waals surface area contributed by atoms with Crippen LogP contribution in [0.2, 0.25) is 0 Å². The van der Waals surface area contributed by atoms with E-state index in [1.54, 1.807) is 18.2 Å². The Morgan fingerprint density at radius 2 is 2.36 bits per heavy atom. The second-order valence-electron chi connectivity index (χ2n) is 2.71. The third-order valence-electron chi connectivity index (χ3n) is 1.67. The van der Waals surface area contributed by atoms with Gasteiger partial charge >= 0.3 is 0 Å². The predicted molar refractivity (Wildman–Crippen MR) is 58.3 cm³/mol. The van der Waals surface area contributed by atoms with Gasteiger partial charge in [0.15, 0.2) is 0 Å². The lowest BCUT2D eigenvalue weighted by Gasteiger charge is -2.07. The fourth-order valence-electron chi connectivity index (χ4n) is 0.950. The van der Waals surface area contributed by atoms with Gasteiger partial charge in [-0.3, -0.25) is 0 Å². The standard InChI is InChI=1S/C10H11BrN2O/c1-13-4-5-14-10-3-2-8(7-12)6-9(10)11/h2-3,6,13H,4-5H2,1H3.